The summed E-state index contributed by atoms with van der Waals surface area (Å²) in [4.78, 5) is 32.1. The predicted octanol–water partition coefficient (Wildman–Crippen LogP) is 3.77. The number of furan rings is 1. The van der Waals surface area contributed by atoms with Crippen molar-refractivity contribution < 1.29 is 47.9 Å². The fraction of sp³-hybridized carbons (Fsp3) is 0.463. The van der Waals surface area contributed by atoms with E-state index in [4.69, 9.17) is 33.8 Å². The minimum Gasteiger partial charge on any atom is -0.504 e. The molecule has 1 spiro atoms. The molecule has 0 unspecified atom stereocenters. The van der Waals surface area contributed by atoms with Crippen LogP contribution in [0, 0.1) is 13.8 Å². The lowest BCUT2D eigenvalue weighted by molar-refractivity contribution is -0.186. The van der Waals surface area contributed by atoms with Gasteiger partial charge in [-0.05, 0) is 50.9 Å². The zero-order valence-corrected chi connectivity index (χ0v) is 32.5. The Labute approximate surface area is 327 Å². The lowest BCUT2D eigenvalue weighted by atomic mass is 9.73. The SMILES string of the molecule is COc1c(C)cc2c(c1O)[C@@H]1[C@@H]3[C@@H]4SC[C@]5(N[C@@H](CN)Cc6c5oc5ccccc65)C(=O)OC[C@@H](c5c6c(c(C)c(OC(C)=O)c54)OCO6)N3[C@@H](O)[C@H](C2)N1C. The average Bonchev–Trinajstić information content (AvgIpc) is 3.82. The number of hydrogen-bond donors (Lipinski definition) is 4. The van der Waals surface area contributed by atoms with Crippen LogP contribution >= 0.6 is 11.8 Å². The number of aliphatic hydroxyl groups excluding tert-OH is 1. The first-order valence-corrected chi connectivity index (χ1v) is 20.0. The number of methoxy groups -OCH3 is 1. The van der Waals surface area contributed by atoms with E-state index in [0.29, 0.717) is 69.4 Å². The molecule has 4 aromatic rings. The summed E-state index contributed by atoms with van der Waals surface area (Å²) in [6.07, 6.45) is -0.0278. The van der Waals surface area contributed by atoms with Crippen LogP contribution in [0.4, 0.5) is 0 Å². The van der Waals surface area contributed by atoms with Gasteiger partial charge in [0, 0.05) is 64.5 Å². The number of likely N-dealkylation sites (N-methyl/N-ethyl adjacent to an activating group) is 1. The van der Waals surface area contributed by atoms with Crippen LogP contribution in [0.5, 0.6) is 28.7 Å². The van der Waals surface area contributed by atoms with Crippen LogP contribution in [0.3, 0.4) is 0 Å². The maximum atomic E-state index is 14.9. The summed E-state index contributed by atoms with van der Waals surface area (Å²) in [6, 6.07) is 7.27. The van der Waals surface area contributed by atoms with Crippen molar-refractivity contribution in [2.24, 2.45) is 5.73 Å². The molecule has 0 saturated carbocycles. The Kier molecular flexibility index (Phi) is 8.17. The minimum atomic E-state index is -1.45. The van der Waals surface area contributed by atoms with Crippen LogP contribution in [0.2, 0.25) is 0 Å². The van der Waals surface area contributed by atoms with E-state index in [0.717, 1.165) is 22.1 Å². The van der Waals surface area contributed by atoms with Gasteiger partial charge in [-0.3, -0.25) is 19.9 Å². The number of phenols is 1. The molecule has 14 nitrogen and oxygen atoms in total. The van der Waals surface area contributed by atoms with Gasteiger partial charge in [0.2, 0.25) is 6.79 Å². The Bertz CT molecular complexity index is 2350. The molecule has 8 heterocycles. The van der Waals surface area contributed by atoms with E-state index in [-0.39, 0.29) is 43.5 Å². The number of nitrogens with zero attached hydrogens (tertiary/aromatic N) is 2. The van der Waals surface area contributed by atoms with E-state index in [2.05, 4.69) is 10.2 Å². The molecule has 0 aliphatic carbocycles. The third kappa shape index (κ3) is 4.75. The number of thioether (sulfide) groups is 1. The highest BCUT2D eigenvalue weighted by Crippen LogP contribution is 2.64. The number of ether oxygens (including phenoxy) is 5. The van der Waals surface area contributed by atoms with Gasteiger partial charge in [0.25, 0.3) is 0 Å². The monoisotopic (exact) mass is 784 g/mol. The van der Waals surface area contributed by atoms with Crippen molar-refractivity contribution in [2.75, 3.05) is 39.9 Å². The van der Waals surface area contributed by atoms with E-state index in [1.165, 1.54) is 18.7 Å². The molecule has 56 heavy (non-hydrogen) atoms. The molecular weight excluding hydrogens is 741 g/mol. The summed E-state index contributed by atoms with van der Waals surface area (Å²) in [7, 11) is 3.51. The number of aliphatic hydroxyl groups is 1. The highest BCUT2D eigenvalue weighted by Gasteiger charge is 2.62. The number of aromatic hydroxyl groups is 1. The van der Waals surface area contributed by atoms with Gasteiger partial charge in [0.05, 0.1) is 30.5 Å². The standard InChI is InChI=1S/C41H44N4O10S/c1-17-10-20-11-24-39(48)45-25-14-51-40(49)41(38-23(12-21(13-42)43-41)22-8-6-7-9-26(22)55-38)15-56-37(31(45)30(44(24)4)27(20)32(47)33(17)50-5)29-28(25)36-35(52-16-53-36)18(2)34(29)54-19(3)46/h6-10,21,24-25,30-31,37,39,43,47-48H,11-16,42H2,1-5H3/t21-,24+,25+,30-,31-,37-,39+,41-/m1/s1. The molecule has 15 heteroatoms. The van der Waals surface area contributed by atoms with Gasteiger partial charge in [-0.25, -0.2) is 4.79 Å². The molecule has 0 amide bonds. The van der Waals surface area contributed by atoms with E-state index in [1.807, 2.05) is 56.1 Å². The predicted molar refractivity (Wildman–Crippen MR) is 204 cm³/mol. The Hall–Kier alpha value is -4.51. The van der Waals surface area contributed by atoms with Crippen molar-refractivity contribution in [1.82, 2.24) is 15.1 Å². The summed E-state index contributed by atoms with van der Waals surface area (Å²) in [5, 5.41) is 28.6. The van der Waals surface area contributed by atoms with E-state index < -0.39 is 47.1 Å². The van der Waals surface area contributed by atoms with Gasteiger partial charge >= 0.3 is 11.9 Å². The number of rotatable bonds is 3. The summed E-state index contributed by atoms with van der Waals surface area (Å²) in [5.74, 6) is 1.23. The molecule has 4 bridgehead atoms. The maximum absolute atomic E-state index is 14.9. The number of nitrogens with two attached hydrogens (primary N) is 1. The largest absolute Gasteiger partial charge is 0.504 e. The number of hydrogen-bond acceptors (Lipinski definition) is 15. The second kappa shape index (κ2) is 12.7. The fourth-order valence-corrected chi connectivity index (χ4v) is 12.2. The van der Waals surface area contributed by atoms with Crippen LogP contribution in [0.15, 0.2) is 34.7 Å². The van der Waals surface area contributed by atoms with Gasteiger partial charge < -0.3 is 44.0 Å². The van der Waals surface area contributed by atoms with Crippen molar-refractivity contribution in [3.8, 4) is 28.7 Å². The molecule has 8 atom stereocenters. The van der Waals surface area contributed by atoms with Crippen molar-refractivity contribution in [1.29, 1.82) is 0 Å². The first-order valence-electron chi connectivity index (χ1n) is 19.0. The lowest BCUT2D eigenvalue weighted by Gasteiger charge is -2.62. The molecule has 1 aromatic heterocycles. The number of phenolic OH excluding ortho intramolecular Hbond substituents is 1. The van der Waals surface area contributed by atoms with Crippen molar-refractivity contribution in [3.05, 3.63) is 75.0 Å². The van der Waals surface area contributed by atoms with Crippen molar-refractivity contribution in [3.63, 3.8) is 0 Å². The van der Waals surface area contributed by atoms with Gasteiger partial charge in [-0.15, -0.1) is 11.8 Å². The van der Waals surface area contributed by atoms with Gasteiger partial charge in [0.15, 0.2) is 28.5 Å². The molecule has 2 saturated heterocycles. The van der Waals surface area contributed by atoms with Gasteiger partial charge in [-0.2, -0.15) is 0 Å². The Morgan fingerprint density at radius 1 is 1.11 bits per heavy atom. The quantitative estimate of drug-likeness (QED) is 0.174. The summed E-state index contributed by atoms with van der Waals surface area (Å²) < 4.78 is 37.2. The number of aryl methyl sites for hydroxylation is 1. The first-order chi connectivity index (χ1) is 27.0. The lowest BCUT2D eigenvalue weighted by Crippen LogP contribution is -2.70. The zero-order chi connectivity index (χ0) is 38.9. The number of nitrogens with one attached hydrogen (secondary N) is 1. The molecular formula is C41H44N4O10S. The number of carbonyl (C=O) groups excluding carboxylic acids is 2. The molecule has 7 aliphatic heterocycles. The third-order valence-corrected chi connectivity index (χ3v) is 14.3. The number of carbonyl (C=O) groups is 2. The number of esters is 2. The van der Waals surface area contributed by atoms with Gasteiger partial charge in [-0.1, -0.05) is 24.3 Å². The third-order valence-electron chi connectivity index (χ3n) is 12.9. The second-order valence-corrected chi connectivity index (χ2v) is 16.9. The smallest absolute Gasteiger partial charge is 0.335 e. The van der Waals surface area contributed by atoms with E-state index in [9.17, 15) is 19.8 Å². The molecule has 294 valence electrons. The highest BCUT2D eigenvalue weighted by atomic mass is 32.2. The van der Waals surface area contributed by atoms with E-state index >= 15 is 0 Å². The minimum absolute atomic E-state index is 0.0453. The van der Waals surface area contributed by atoms with Crippen LogP contribution in [0.25, 0.3) is 11.0 Å². The first kappa shape index (κ1) is 35.9. The fourth-order valence-electron chi connectivity index (χ4n) is 10.6. The van der Waals surface area contributed by atoms with Crippen molar-refractivity contribution >= 4 is 34.7 Å². The number of benzene rings is 3. The highest BCUT2D eigenvalue weighted by molar-refractivity contribution is 7.99. The normalized spacial score (nSPS) is 30.3. The van der Waals surface area contributed by atoms with Crippen LogP contribution in [0.1, 0.15) is 69.0 Å². The molecule has 2 fully saturated rings. The van der Waals surface area contributed by atoms with Gasteiger partial charge in [0.1, 0.15) is 29.9 Å². The van der Waals surface area contributed by atoms with Crippen LogP contribution in [-0.2, 0) is 32.7 Å². The molecule has 11 rings (SSSR count). The second-order valence-electron chi connectivity index (χ2n) is 15.8. The number of fused-ring (bicyclic) bond motifs is 11. The van der Waals surface area contributed by atoms with Crippen molar-refractivity contribution in [2.45, 2.75) is 80.8 Å². The Morgan fingerprint density at radius 3 is 2.66 bits per heavy atom. The number of para-hydroxylation sites is 1. The molecule has 3 aromatic carbocycles. The van der Waals surface area contributed by atoms with Crippen LogP contribution in [-0.4, -0.2) is 96.2 Å². The molecule has 5 N–H and O–H groups in total. The van der Waals surface area contributed by atoms with E-state index in [1.54, 1.807) is 7.11 Å². The Morgan fingerprint density at radius 2 is 1.89 bits per heavy atom. The Balaban J connectivity index is 1.25. The summed E-state index contributed by atoms with van der Waals surface area (Å²) >= 11 is 1.47. The summed E-state index contributed by atoms with van der Waals surface area (Å²) in [6.45, 7) is 5.11. The maximum Gasteiger partial charge on any atom is 0.335 e. The average molecular weight is 785 g/mol. The zero-order valence-electron chi connectivity index (χ0n) is 31.7. The summed E-state index contributed by atoms with van der Waals surface area (Å²) in [5.41, 5.74) is 10.8. The number of piperazine rings is 1. The molecule has 0 radical (unpaired) electrons. The molecule has 7 aliphatic rings. The van der Waals surface area contributed by atoms with Crippen LogP contribution < -0.4 is 30.0 Å². The topological polar surface area (TPSA) is 178 Å².